The Kier molecular flexibility index (Phi) is 6.68. The van der Waals surface area contributed by atoms with Crippen molar-refractivity contribution in [3.05, 3.63) is 35.4 Å². The van der Waals surface area contributed by atoms with Crippen LogP contribution in [-0.4, -0.2) is 45.3 Å². The van der Waals surface area contributed by atoms with E-state index in [-0.39, 0.29) is 0 Å². The van der Waals surface area contributed by atoms with Crippen molar-refractivity contribution in [2.45, 2.75) is 32.2 Å². The Bertz CT molecular complexity index is 400. The first-order chi connectivity index (χ1) is 10.2. The van der Waals surface area contributed by atoms with Crippen molar-refractivity contribution < 1.29 is 4.74 Å². The van der Waals surface area contributed by atoms with Crippen LogP contribution < -0.4 is 5.32 Å². The molecule has 1 unspecified atom stereocenters. The lowest BCUT2D eigenvalue weighted by atomic mass is 10.00. The third-order valence-electron chi connectivity index (χ3n) is 4.18. The molecule has 3 heteroatoms. The molecule has 21 heavy (non-hydrogen) atoms. The fraction of sp³-hybridized carbons (Fsp3) is 0.667. The van der Waals surface area contributed by atoms with Crippen LogP contribution in [0.25, 0.3) is 0 Å². The maximum absolute atomic E-state index is 5.69. The van der Waals surface area contributed by atoms with Crippen LogP contribution >= 0.6 is 0 Å². The smallest absolute Gasteiger partial charge is 0.0593 e. The number of rotatable bonds is 10. The number of likely N-dealkylation sites (N-methyl/N-ethyl adjacent to an activating group) is 2. The molecule has 3 nitrogen and oxygen atoms in total. The summed E-state index contributed by atoms with van der Waals surface area (Å²) in [6.07, 6.45) is 2.74. The second kappa shape index (κ2) is 8.52. The first-order valence-electron chi connectivity index (χ1n) is 8.18. The van der Waals surface area contributed by atoms with Gasteiger partial charge in [-0.15, -0.1) is 0 Å². The van der Waals surface area contributed by atoms with Crippen molar-refractivity contribution in [1.29, 1.82) is 0 Å². The average Bonchev–Trinajstić information content (AvgIpc) is 3.29. The SMILES string of the molecule is CNCC(C)c1ccc(CN(C)CCOCC2CC2)cc1. The minimum atomic E-state index is 0.567. The number of nitrogens with one attached hydrogen (secondary N) is 1. The van der Waals surface area contributed by atoms with Crippen molar-refractivity contribution in [3.63, 3.8) is 0 Å². The quantitative estimate of drug-likeness (QED) is 0.671. The molecule has 1 atom stereocenters. The Morgan fingerprint density at radius 3 is 2.62 bits per heavy atom. The van der Waals surface area contributed by atoms with Crippen molar-refractivity contribution >= 4 is 0 Å². The summed E-state index contributed by atoms with van der Waals surface area (Å²) in [6.45, 7) is 7.10. The molecule has 1 aromatic rings. The summed E-state index contributed by atoms with van der Waals surface area (Å²) in [6, 6.07) is 9.02. The zero-order valence-corrected chi connectivity index (χ0v) is 13.8. The molecule has 0 bridgehead atoms. The van der Waals surface area contributed by atoms with Crippen LogP contribution in [0, 0.1) is 5.92 Å². The van der Waals surface area contributed by atoms with Gasteiger partial charge in [0.15, 0.2) is 0 Å². The molecule has 1 aromatic carbocycles. The van der Waals surface area contributed by atoms with Crippen molar-refractivity contribution in [3.8, 4) is 0 Å². The van der Waals surface area contributed by atoms with Gasteiger partial charge in [0.25, 0.3) is 0 Å². The second-order valence-corrected chi connectivity index (χ2v) is 6.46. The van der Waals surface area contributed by atoms with E-state index >= 15 is 0 Å². The van der Waals surface area contributed by atoms with Crippen LogP contribution in [0.5, 0.6) is 0 Å². The highest BCUT2D eigenvalue weighted by Crippen LogP contribution is 2.28. The highest BCUT2D eigenvalue weighted by Gasteiger charge is 2.20. The summed E-state index contributed by atoms with van der Waals surface area (Å²) in [7, 11) is 4.17. The number of hydrogen-bond acceptors (Lipinski definition) is 3. The predicted molar refractivity (Wildman–Crippen MR) is 88.7 cm³/mol. The standard InChI is InChI=1S/C18H30N2O/c1-15(12-19-2)18-8-6-16(7-9-18)13-20(3)10-11-21-14-17-4-5-17/h6-9,15,17,19H,4-5,10-14H2,1-3H3. The molecular weight excluding hydrogens is 260 g/mol. The van der Waals surface area contributed by atoms with E-state index in [1.54, 1.807) is 0 Å². The van der Waals surface area contributed by atoms with Crippen molar-refractivity contribution in [2.24, 2.45) is 5.92 Å². The van der Waals surface area contributed by atoms with E-state index in [1.807, 2.05) is 7.05 Å². The van der Waals surface area contributed by atoms with Gasteiger partial charge in [0, 0.05) is 26.2 Å². The molecule has 0 spiro atoms. The second-order valence-electron chi connectivity index (χ2n) is 6.46. The highest BCUT2D eigenvalue weighted by atomic mass is 16.5. The highest BCUT2D eigenvalue weighted by molar-refractivity contribution is 5.25. The van der Waals surface area contributed by atoms with Gasteiger partial charge in [-0.2, -0.15) is 0 Å². The van der Waals surface area contributed by atoms with E-state index < -0.39 is 0 Å². The minimum absolute atomic E-state index is 0.567. The van der Waals surface area contributed by atoms with Crippen molar-refractivity contribution in [1.82, 2.24) is 10.2 Å². The molecule has 118 valence electrons. The largest absolute Gasteiger partial charge is 0.380 e. The van der Waals surface area contributed by atoms with Crippen LogP contribution in [0.2, 0.25) is 0 Å². The van der Waals surface area contributed by atoms with Gasteiger partial charge < -0.3 is 10.1 Å². The molecule has 0 heterocycles. The topological polar surface area (TPSA) is 24.5 Å². The molecule has 1 saturated carbocycles. The summed E-state index contributed by atoms with van der Waals surface area (Å²) < 4.78 is 5.69. The molecule has 1 aliphatic carbocycles. The lowest BCUT2D eigenvalue weighted by Crippen LogP contribution is -2.23. The van der Waals surface area contributed by atoms with Gasteiger partial charge in [0.1, 0.15) is 0 Å². The molecule has 2 rings (SSSR count). The first-order valence-corrected chi connectivity index (χ1v) is 8.18. The van der Waals surface area contributed by atoms with Crippen molar-refractivity contribution in [2.75, 3.05) is 40.4 Å². The van der Waals surface area contributed by atoms with Gasteiger partial charge in [-0.05, 0) is 49.9 Å². The Morgan fingerprint density at radius 1 is 1.29 bits per heavy atom. The van der Waals surface area contributed by atoms with Crippen LogP contribution in [0.4, 0.5) is 0 Å². The number of ether oxygens (including phenoxy) is 1. The molecule has 1 N–H and O–H groups in total. The Morgan fingerprint density at radius 2 is 2.00 bits per heavy atom. The van der Waals surface area contributed by atoms with E-state index in [4.69, 9.17) is 4.74 Å². The number of hydrogen-bond donors (Lipinski definition) is 1. The van der Waals surface area contributed by atoms with Crippen LogP contribution in [-0.2, 0) is 11.3 Å². The third kappa shape index (κ3) is 6.16. The molecule has 0 saturated heterocycles. The summed E-state index contributed by atoms with van der Waals surface area (Å²) in [5.74, 6) is 1.43. The minimum Gasteiger partial charge on any atom is -0.380 e. The lowest BCUT2D eigenvalue weighted by Gasteiger charge is -2.17. The summed E-state index contributed by atoms with van der Waals surface area (Å²) in [5, 5.41) is 3.23. The van der Waals surface area contributed by atoms with Gasteiger partial charge in [0.05, 0.1) is 6.61 Å². The normalized spacial score (nSPS) is 16.4. The van der Waals surface area contributed by atoms with Gasteiger partial charge in [-0.3, -0.25) is 4.90 Å². The van der Waals surface area contributed by atoms with E-state index in [1.165, 1.54) is 24.0 Å². The molecule has 0 aromatic heterocycles. The van der Waals surface area contributed by atoms with Gasteiger partial charge in [-0.1, -0.05) is 31.2 Å². The van der Waals surface area contributed by atoms with Crippen LogP contribution in [0.1, 0.15) is 36.8 Å². The molecule has 0 aliphatic heterocycles. The predicted octanol–water partition coefficient (Wildman–Crippen LogP) is 2.87. The average molecular weight is 290 g/mol. The molecule has 1 aliphatic rings. The maximum Gasteiger partial charge on any atom is 0.0593 e. The zero-order chi connectivity index (χ0) is 15.1. The number of benzene rings is 1. The fourth-order valence-electron chi connectivity index (χ4n) is 2.52. The fourth-order valence-corrected chi connectivity index (χ4v) is 2.52. The maximum atomic E-state index is 5.69. The summed E-state index contributed by atoms with van der Waals surface area (Å²) in [4.78, 5) is 2.33. The monoisotopic (exact) mass is 290 g/mol. The number of nitrogens with zero attached hydrogens (tertiary/aromatic N) is 1. The van der Waals surface area contributed by atoms with Gasteiger partial charge in [0.2, 0.25) is 0 Å². The first kappa shape index (κ1) is 16.5. The lowest BCUT2D eigenvalue weighted by molar-refractivity contribution is 0.102. The van der Waals surface area contributed by atoms with E-state index in [0.717, 1.165) is 38.8 Å². The van der Waals surface area contributed by atoms with E-state index in [2.05, 4.69) is 48.5 Å². The van der Waals surface area contributed by atoms with E-state index in [9.17, 15) is 0 Å². The van der Waals surface area contributed by atoms with Crippen LogP contribution in [0.15, 0.2) is 24.3 Å². The Balaban J connectivity index is 1.68. The zero-order valence-electron chi connectivity index (χ0n) is 13.8. The molecule has 0 radical (unpaired) electrons. The molecule has 1 fully saturated rings. The molecule has 0 amide bonds. The van der Waals surface area contributed by atoms with Gasteiger partial charge in [-0.25, -0.2) is 0 Å². The summed E-state index contributed by atoms with van der Waals surface area (Å²) >= 11 is 0. The van der Waals surface area contributed by atoms with E-state index in [0.29, 0.717) is 5.92 Å². The van der Waals surface area contributed by atoms with Crippen LogP contribution in [0.3, 0.4) is 0 Å². The Hall–Kier alpha value is -0.900. The summed E-state index contributed by atoms with van der Waals surface area (Å²) in [5.41, 5.74) is 2.78. The third-order valence-corrected chi connectivity index (χ3v) is 4.18. The Labute approximate surface area is 129 Å². The molecular formula is C18H30N2O. The van der Waals surface area contributed by atoms with Gasteiger partial charge >= 0.3 is 0 Å².